The summed E-state index contributed by atoms with van der Waals surface area (Å²) < 4.78 is 27.7. The maximum atomic E-state index is 12.5. The number of carbonyl (C=O) groups is 1. The standard InChI is InChI=1S/C13H15N5O5S2/c1-15-9-10(18(20)21)12(14-15)13(19)16-4-6-17(7-5-16)25(22,23)11-3-2-8-24-11/h2-3,8-9H,4-7H2,1H3. The summed E-state index contributed by atoms with van der Waals surface area (Å²) in [6, 6.07) is 3.20. The van der Waals surface area contributed by atoms with Crippen molar-refractivity contribution >= 4 is 33.0 Å². The monoisotopic (exact) mass is 385 g/mol. The van der Waals surface area contributed by atoms with Gasteiger partial charge < -0.3 is 4.90 Å². The maximum absolute atomic E-state index is 12.5. The molecule has 3 heterocycles. The van der Waals surface area contributed by atoms with E-state index in [0.717, 1.165) is 11.3 Å². The Balaban J connectivity index is 1.73. The van der Waals surface area contributed by atoms with Crippen LogP contribution >= 0.6 is 11.3 Å². The number of sulfonamides is 1. The van der Waals surface area contributed by atoms with Gasteiger partial charge in [0.2, 0.25) is 5.69 Å². The summed E-state index contributed by atoms with van der Waals surface area (Å²) in [4.78, 5) is 24.3. The molecule has 0 spiro atoms. The molecule has 12 heteroatoms. The first-order chi connectivity index (χ1) is 11.8. The van der Waals surface area contributed by atoms with Crippen molar-refractivity contribution in [1.29, 1.82) is 0 Å². The van der Waals surface area contributed by atoms with Gasteiger partial charge in [-0.3, -0.25) is 19.6 Å². The van der Waals surface area contributed by atoms with Crippen molar-refractivity contribution in [2.45, 2.75) is 4.21 Å². The lowest BCUT2D eigenvalue weighted by Gasteiger charge is -2.33. The topological polar surface area (TPSA) is 119 Å². The number of aryl methyl sites for hydroxylation is 1. The minimum atomic E-state index is -3.56. The van der Waals surface area contributed by atoms with Crippen LogP contribution in [-0.4, -0.2) is 64.4 Å². The zero-order valence-electron chi connectivity index (χ0n) is 13.2. The summed E-state index contributed by atoms with van der Waals surface area (Å²) >= 11 is 1.14. The van der Waals surface area contributed by atoms with Crippen molar-refractivity contribution < 1.29 is 18.1 Å². The second-order valence-electron chi connectivity index (χ2n) is 5.42. The second kappa shape index (κ2) is 6.54. The van der Waals surface area contributed by atoms with Crippen LogP contribution < -0.4 is 0 Å². The van der Waals surface area contributed by atoms with E-state index in [1.54, 1.807) is 11.4 Å². The molecule has 0 saturated carbocycles. The van der Waals surface area contributed by atoms with Crippen LogP contribution in [0.25, 0.3) is 0 Å². The molecule has 1 saturated heterocycles. The van der Waals surface area contributed by atoms with Gasteiger partial charge in [-0.15, -0.1) is 11.3 Å². The molecule has 0 radical (unpaired) electrons. The van der Waals surface area contributed by atoms with Crippen molar-refractivity contribution in [2.24, 2.45) is 7.05 Å². The molecule has 1 amide bonds. The number of hydrogen-bond acceptors (Lipinski definition) is 7. The number of nitrogens with zero attached hydrogens (tertiary/aromatic N) is 5. The number of aromatic nitrogens is 2. The van der Waals surface area contributed by atoms with Crippen molar-refractivity contribution in [3.8, 4) is 0 Å². The van der Waals surface area contributed by atoms with Gasteiger partial charge in [0.25, 0.3) is 15.9 Å². The SMILES string of the molecule is Cn1cc([N+](=O)[O-])c(C(=O)N2CCN(S(=O)(=O)c3cccs3)CC2)n1. The van der Waals surface area contributed by atoms with Crippen LogP contribution in [0.4, 0.5) is 5.69 Å². The molecular weight excluding hydrogens is 370 g/mol. The third-order valence-corrected chi connectivity index (χ3v) is 7.10. The third-order valence-electron chi connectivity index (χ3n) is 3.82. The van der Waals surface area contributed by atoms with Gasteiger partial charge in [0.15, 0.2) is 0 Å². The van der Waals surface area contributed by atoms with Crippen molar-refractivity contribution in [3.05, 3.63) is 39.5 Å². The Bertz CT molecular complexity index is 897. The summed E-state index contributed by atoms with van der Waals surface area (Å²) in [7, 11) is -2.07. The van der Waals surface area contributed by atoms with Crippen LogP contribution in [0.2, 0.25) is 0 Å². The van der Waals surface area contributed by atoms with E-state index in [1.165, 1.54) is 33.2 Å². The van der Waals surface area contributed by atoms with Gasteiger partial charge in [-0.2, -0.15) is 9.40 Å². The minimum Gasteiger partial charge on any atom is -0.334 e. The normalized spacial score (nSPS) is 16.1. The van der Waals surface area contributed by atoms with Crippen LogP contribution in [0, 0.1) is 10.1 Å². The van der Waals surface area contributed by atoms with Crippen molar-refractivity contribution in [3.63, 3.8) is 0 Å². The molecule has 0 N–H and O–H groups in total. The van der Waals surface area contributed by atoms with Gasteiger partial charge in [0.05, 0.1) is 4.92 Å². The molecule has 134 valence electrons. The summed E-state index contributed by atoms with van der Waals surface area (Å²) in [5, 5.41) is 16.6. The number of nitro groups is 1. The Labute approximate surface area is 147 Å². The number of thiophene rings is 1. The summed E-state index contributed by atoms with van der Waals surface area (Å²) in [5.41, 5.74) is -0.594. The second-order valence-corrected chi connectivity index (χ2v) is 8.53. The average Bonchev–Trinajstić information content (AvgIpc) is 3.24. The maximum Gasteiger partial charge on any atom is 0.320 e. The molecule has 0 aliphatic carbocycles. The van der Waals surface area contributed by atoms with Gasteiger partial charge in [-0.25, -0.2) is 8.42 Å². The molecule has 1 aliphatic heterocycles. The molecule has 10 nitrogen and oxygen atoms in total. The fourth-order valence-electron chi connectivity index (χ4n) is 2.58. The molecule has 2 aromatic heterocycles. The highest BCUT2D eigenvalue weighted by Gasteiger charge is 2.34. The highest BCUT2D eigenvalue weighted by Crippen LogP contribution is 2.23. The number of rotatable bonds is 4. The summed E-state index contributed by atoms with van der Waals surface area (Å²) in [6.45, 7) is 0.563. The highest BCUT2D eigenvalue weighted by molar-refractivity contribution is 7.91. The van der Waals surface area contributed by atoms with Gasteiger partial charge in [0.1, 0.15) is 10.4 Å². The Kier molecular flexibility index (Phi) is 4.58. The van der Waals surface area contributed by atoms with Gasteiger partial charge in [0, 0.05) is 33.2 Å². The van der Waals surface area contributed by atoms with Crippen LogP contribution in [0.15, 0.2) is 27.9 Å². The highest BCUT2D eigenvalue weighted by atomic mass is 32.2. The molecule has 25 heavy (non-hydrogen) atoms. The Hall–Kier alpha value is -2.31. The van der Waals surface area contributed by atoms with E-state index in [2.05, 4.69) is 5.10 Å². The summed E-state index contributed by atoms with van der Waals surface area (Å²) in [5.74, 6) is -0.569. The molecule has 1 aliphatic rings. The molecule has 0 bridgehead atoms. The lowest BCUT2D eigenvalue weighted by Crippen LogP contribution is -2.50. The zero-order chi connectivity index (χ0) is 18.2. The first-order valence-corrected chi connectivity index (χ1v) is 9.63. The van der Waals surface area contributed by atoms with E-state index in [-0.39, 0.29) is 41.8 Å². The van der Waals surface area contributed by atoms with Crippen LogP contribution in [0.1, 0.15) is 10.5 Å². The smallest absolute Gasteiger partial charge is 0.320 e. The van der Waals surface area contributed by atoms with Crippen LogP contribution in [0.5, 0.6) is 0 Å². The molecule has 0 atom stereocenters. The van der Waals surface area contributed by atoms with Crippen LogP contribution in [-0.2, 0) is 17.1 Å². The largest absolute Gasteiger partial charge is 0.334 e. The molecule has 1 fully saturated rings. The number of amides is 1. The first kappa shape index (κ1) is 17.5. The molecule has 3 rings (SSSR count). The number of hydrogen-bond donors (Lipinski definition) is 0. The number of piperazine rings is 1. The van der Waals surface area contributed by atoms with E-state index in [0.29, 0.717) is 0 Å². The molecule has 0 unspecified atom stereocenters. The third kappa shape index (κ3) is 3.27. The molecular formula is C13H15N5O5S2. The van der Waals surface area contributed by atoms with E-state index < -0.39 is 20.9 Å². The molecule has 0 aromatic carbocycles. The van der Waals surface area contributed by atoms with Gasteiger partial charge in [-0.1, -0.05) is 6.07 Å². The van der Waals surface area contributed by atoms with E-state index in [9.17, 15) is 23.3 Å². The van der Waals surface area contributed by atoms with Gasteiger partial charge >= 0.3 is 5.69 Å². The Morgan fingerprint density at radius 3 is 2.56 bits per heavy atom. The first-order valence-electron chi connectivity index (χ1n) is 7.31. The fourth-order valence-corrected chi connectivity index (χ4v) is 5.15. The Morgan fingerprint density at radius 2 is 2.00 bits per heavy atom. The van der Waals surface area contributed by atoms with Crippen molar-refractivity contribution in [2.75, 3.05) is 26.2 Å². The molecule has 2 aromatic rings. The van der Waals surface area contributed by atoms with E-state index in [1.807, 2.05) is 0 Å². The fraction of sp³-hybridized carbons (Fsp3) is 0.385. The van der Waals surface area contributed by atoms with Crippen LogP contribution in [0.3, 0.4) is 0 Å². The van der Waals surface area contributed by atoms with Crippen molar-refractivity contribution in [1.82, 2.24) is 19.0 Å². The Morgan fingerprint density at radius 1 is 1.32 bits per heavy atom. The van der Waals surface area contributed by atoms with E-state index in [4.69, 9.17) is 0 Å². The minimum absolute atomic E-state index is 0.132. The zero-order valence-corrected chi connectivity index (χ0v) is 14.9. The summed E-state index contributed by atoms with van der Waals surface area (Å²) in [6.07, 6.45) is 1.17. The predicted octanol–water partition coefficient (Wildman–Crippen LogP) is 0.536. The lowest BCUT2D eigenvalue weighted by molar-refractivity contribution is -0.385. The predicted molar refractivity (Wildman–Crippen MR) is 88.8 cm³/mol. The quantitative estimate of drug-likeness (QED) is 0.560. The van der Waals surface area contributed by atoms with Gasteiger partial charge in [-0.05, 0) is 11.4 Å². The average molecular weight is 385 g/mol. The number of carbonyl (C=O) groups excluding carboxylic acids is 1. The van der Waals surface area contributed by atoms with E-state index >= 15 is 0 Å². The lowest BCUT2D eigenvalue weighted by atomic mass is 10.3.